The Morgan fingerprint density at radius 2 is 2.32 bits per heavy atom. The lowest BCUT2D eigenvalue weighted by Gasteiger charge is -2.19. The highest BCUT2D eigenvalue weighted by Crippen LogP contribution is 2.37. The second kappa shape index (κ2) is 4.53. The molecule has 1 aromatic carbocycles. The third-order valence-corrected chi connectivity index (χ3v) is 3.73. The predicted octanol–water partition coefficient (Wildman–Crippen LogP) is 1.38. The van der Waals surface area contributed by atoms with Crippen molar-refractivity contribution < 1.29 is 9.53 Å². The Bertz CT molecular complexity index is 511. The second-order valence-corrected chi connectivity index (χ2v) is 6.03. The van der Waals surface area contributed by atoms with E-state index in [1.54, 1.807) is 0 Å². The zero-order chi connectivity index (χ0) is 13.5. The number of hydrogen-bond donors (Lipinski definition) is 2. The molecule has 0 bridgehead atoms. The minimum Gasteiger partial charge on any atom is -0.487 e. The van der Waals surface area contributed by atoms with Gasteiger partial charge in [0.25, 0.3) is 0 Å². The van der Waals surface area contributed by atoms with Crippen molar-refractivity contribution in [3.8, 4) is 5.75 Å². The molecule has 3 rings (SSSR count). The molecule has 0 aliphatic carbocycles. The molecule has 19 heavy (non-hydrogen) atoms. The number of benzene rings is 1. The smallest absolute Gasteiger partial charge is 0.221 e. The van der Waals surface area contributed by atoms with Crippen LogP contribution in [0, 0.1) is 0 Å². The molecule has 1 amide bonds. The molecule has 0 spiro atoms. The Morgan fingerprint density at radius 3 is 3.05 bits per heavy atom. The van der Waals surface area contributed by atoms with Gasteiger partial charge in [-0.15, -0.1) is 0 Å². The molecular weight excluding hydrogens is 240 g/mol. The van der Waals surface area contributed by atoms with Crippen LogP contribution in [0.3, 0.4) is 0 Å². The number of para-hydroxylation sites is 1. The summed E-state index contributed by atoms with van der Waals surface area (Å²) in [7, 11) is 0. The molecule has 1 fully saturated rings. The Hall–Kier alpha value is -1.55. The van der Waals surface area contributed by atoms with Gasteiger partial charge in [-0.05, 0) is 19.4 Å². The highest BCUT2D eigenvalue weighted by Gasteiger charge is 2.31. The molecule has 1 saturated heterocycles. The van der Waals surface area contributed by atoms with Crippen molar-refractivity contribution in [3.05, 3.63) is 29.3 Å². The lowest BCUT2D eigenvalue weighted by atomic mass is 10.0. The van der Waals surface area contributed by atoms with E-state index in [-0.39, 0.29) is 17.6 Å². The summed E-state index contributed by atoms with van der Waals surface area (Å²) in [6.07, 6.45) is 1.53. The third kappa shape index (κ3) is 2.59. The second-order valence-electron chi connectivity index (χ2n) is 6.03. The van der Waals surface area contributed by atoms with Crippen molar-refractivity contribution in [2.45, 2.75) is 44.9 Å². The minimum absolute atomic E-state index is 0.108. The zero-order valence-electron chi connectivity index (χ0n) is 11.5. The molecule has 2 N–H and O–H groups in total. The summed E-state index contributed by atoms with van der Waals surface area (Å²) < 4.78 is 6.04. The number of fused-ring (bicyclic) bond motifs is 1. The normalized spacial score (nSPS) is 23.9. The maximum atomic E-state index is 11.2. The molecule has 4 heteroatoms. The molecule has 2 aliphatic heterocycles. The molecule has 1 aromatic rings. The number of hydrogen-bond acceptors (Lipinski definition) is 3. The summed E-state index contributed by atoms with van der Waals surface area (Å²) in [4.78, 5) is 11.2. The first-order valence-corrected chi connectivity index (χ1v) is 6.83. The third-order valence-electron chi connectivity index (χ3n) is 3.73. The fourth-order valence-corrected chi connectivity index (χ4v) is 2.82. The number of ether oxygens (including phenoxy) is 1. The van der Waals surface area contributed by atoms with Crippen molar-refractivity contribution in [1.29, 1.82) is 0 Å². The fraction of sp³-hybridized carbons (Fsp3) is 0.533. The largest absolute Gasteiger partial charge is 0.487 e. The number of carbonyl (C=O) groups excluding carboxylic acids is 1. The molecular formula is C15H20N2O2. The molecule has 0 radical (unpaired) electrons. The van der Waals surface area contributed by atoms with Gasteiger partial charge in [-0.25, -0.2) is 0 Å². The molecule has 2 aliphatic rings. The lowest BCUT2D eigenvalue weighted by molar-refractivity contribution is -0.119. The van der Waals surface area contributed by atoms with E-state index in [9.17, 15) is 4.79 Å². The van der Waals surface area contributed by atoms with Crippen molar-refractivity contribution in [2.75, 3.05) is 6.54 Å². The van der Waals surface area contributed by atoms with E-state index < -0.39 is 0 Å². The van der Waals surface area contributed by atoms with Crippen LogP contribution in [0.15, 0.2) is 18.2 Å². The highest BCUT2D eigenvalue weighted by atomic mass is 16.5. The van der Waals surface area contributed by atoms with Crippen LogP contribution in [0.5, 0.6) is 5.75 Å². The van der Waals surface area contributed by atoms with E-state index in [4.69, 9.17) is 4.74 Å². The zero-order valence-corrected chi connectivity index (χ0v) is 11.5. The summed E-state index contributed by atoms with van der Waals surface area (Å²) in [5.41, 5.74) is 2.36. The Morgan fingerprint density at radius 1 is 1.47 bits per heavy atom. The SMILES string of the molecule is CC1(C)Cc2cccc(CNC3CNC(=O)C3)c2O1. The van der Waals surface area contributed by atoms with Gasteiger partial charge in [0.1, 0.15) is 11.4 Å². The minimum atomic E-state index is -0.108. The average molecular weight is 260 g/mol. The molecule has 0 aromatic heterocycles. The predicted molar refractivity (Wildman–Crippen MR) is 73.1 cm³/mol. The quantitative estimate of drug-likeness (QED) is 0.863. The first-order chi connectivity index (χ1) is 9.03. The Balaban J connectivity index is 1.70. The van der Waals surface area contributed by atoms with Crippen LogP contribution in [0.1, 0.15) is 31.4 Å². The van der Waals surface area contributed by atoms with Gasteiger partial charge in [0.2, 0.25) is 5.91 Å². The number of nitrogens with one attached hydrogen (secondary N) is 2. The van der Waals surface area contributed by atoms with Crippen LogP contribution in [-0.4, -0.2) is 24.1 Å². The standard InChI is InChI=1S/C15H20N2O2/c1-15(2)7-10-4-3-5-11(14(10)19-15)8-16-12-6-13(18)17-9-12/h3-5,12,16H,6-9H2,1-2H3,(H,17,18). The van der Waals surface area contributed by atoms with E-state index in [0.29, 0.717) is 6.42 Å². The molecule has 4 nitrogen and oxygen atoms in total. The fourth-order valence-electron chi connectivity index (χ4n) is 2.82. The number of amides is 1. The molecule has 2 heterocycles. The maximum absolute atomic E-state index is 11.2. The first kappa shape index (κ1) is 12.5. The summed E-state index contributed by atoms with van der Waals surface area (Å²) >= 11 is 0. The van der Waals surface area contributed by atoms with Crippen molar-refractivity contribution >= 4 is 5.91 Å². The van der Waals surface area contributed by atoms with Gasteiger partial charge in [0, 0.05) is 37.5 Å². The molecule has 102 valence electrons. The summed E-state index contributed by atoms with van der Waals surface area (Å²) in [6.45, 7) is 5.70. The lowest BCUT2D eigenvalue weighted by Crippen LogP contribution is -2.30. The van der Waals surface area contributed by atoms with Gasteiger partial charge in [-0.1, -0.05) is 18.2 Å². The number of carbonyl (C=O) groups is 1. The van der Waals surface area contributed by atoms with Crippen LogP contribution in [0.2, 0.25) is 0 Å². The Labute approximate surface area is 113 Å². The van der Waals surface area contributed by atoms with Gasteiger partial charge in [-0.2, -0.15) is 0 Å². The van der Waals surface area contributed by atoms with Crippen LogP contribution in [0.25, 0.3) is 0 Å². The van der Waals surface area contributed by atoms with E-state index in [1.165, 1.54) is 11.1 Å². The van der Waals surface area contributed by atoms with E-state index in [1.807, 2.05) is 0 Å². The Kier molecular flexibility index (Phi) is 2.97. The van der Waals surface area contributed by atoms with Gasteiger partial charge in [0.15, 0.2) is 0 Å². The summed E-state index contributed by atoms with van der Waals surface area (Å²) in [6, 6.07) is 6.54. The van der Waals surface area contributed by atoms with E-state index in [2.05, 4.69) is 42.7 Å². The van der Waals surface area contributed by atoms with Gasteiger partial charge < -0.3 is 15.4 Å². The highest BCUT2D eigenvalue weighted by molar-refractivity contribution is 5.78. The van der Waals surface area contributed by atoms with Crippen LogP contribution >= 0.6 is 0 Å². The number of rotatable bonds is 3. The summed E-state index contributed by atoms with van der Waals surface area (Å²) in [5.74, 6) is 1.16. The van der Waals surface area contributed by atoms with Gasteiger partial charge in [0.05, 0.1) is 0 Å². The van der Waals surface area contributed by atoms with Gasteiger partial charge in [-0.3, -0.25) is 4.79 Å². The molecule has 1 unspecified atom stereocenters. The topological polar surface area (TPSA) is 50.4 Å². The van der Waals surface area contributed by atoms with Crippen molar-refractivity contribution in [1.82, 2.24) is 10.6 Å². The molecule has 1 atom stereocenters. The maximum Gasteiger partial charge on any atom is 0.221 e. The average Bonchev–Trinajstić information content (AvgIpc) is 2.88. The van der Waals surface area contributed by atoms with E-state index in [0.717, 1.165) is 25.3 Å². The van der Waals surface area contributed by atoms with Crippen LogP contribution < -0.4 is 15.4 Å². The van der Waals surface area contributed by atoms with Crippen LogP contribution in [-0.2, 0) is 17.8 Å². The van der Waals surface area contributed by atoms with Gasteiger partial charge >= 0.3 is 0 Å². The van der Waals surface area contributed by atoms with Crippen molar-refractivity contribution in [3.63, 3.8) is 0 Å². The van der Waals surface area contributed by atoms with E-state index >= 15 is 0 Å². The monoisotopic (exact) mass is 260 g/mol. The first-order valence-electron chi connectivity index (χ1n) is 6.83. The molecule has 0 saturated carbocycles. The summed E-state index contributed by atoms with van der Waals surface area (Å²) in [5, 5.41) is 6.26. The van der Waals surface area contributed by atoms with Crippen molar-refractivity contribution in [2.24, 2.45) is 0 Å². The van der Waals surface area contributed by atoms with Crippen LogP contribution in [0.4, 0.5) is 0 Å².